The van der Waals surface area contributed by atoms with Crippen molar-refractivity contribution in [1.82, 2.24) is 5.32 Å². The number of rotatable bonds is 0. The van der Waals surface area contributed by atoms with E-state index in [4.69, 9.17) is 4.74 Å². The summed E-state index contributed by atoms with van der Waals surface area (Å²) in [7, 11) is 0. The molecule has 3 heteroatoms. The van der Waals surface area contributed by atoms with Gasteiger partial charge in [-0.1, -0.05) is 0 Å². The lowest BCUT2D eigenvalue weighted by Gasteiger charge is -2.22. The standard InChI is InChI=1S/C7H11NO2/c9-7-6-4-8-3-5(6)1-2-10-7/h5-6,8H,1-4H2. The zero-order valence-electron chi connectivity index (χ0n) is 5.80. The van der Waals surface area contributed by atoms with Crippen LogP contribution in [0, 0.1) is 11.8 Å². The molecule has 2 fully saturated rings. The minimum Gasteiger partial charge on any atom is -0.465 e. The lowest BCUT2D eigenvalue weighted by Crippen LogP contribution is -2.31. The van der Waals surface area contributed by atoms with Crippen LogP contribution in [0.3, 0.4) is 0 Å². The number of hydrogen-bond acceptors (Lipinski definition) is 3. The van der Waals surface area contributed by atoms with Crippen molar-refractivity contribution in [1.29, 1.82) is 0 Å². The van der Waals surface area contributed by atoms with Crippen molar-refractivity contribution in [3.63, 3.8) is 0 Å². The second-order valence-corrected chi connectivity index (χ2v) is 2.98. The lowest BCUT2D eigenvalue weighted by atomic mass is 9.91. The maximum atomic E-state index is 11.0. The molecule has 2 aliphatic rings. The number of ether oxygens (including phenoxy) is 1. The highest BCUT2D eigenvalue weighted by molar-refractivity contribution is 5.74. The molecule has 0 spiro atoms. The third kappa shape index (κ3) is 0.814. The Morgan fingerprint density at radius 2 is 2.40 bits per heavy atom. The summed E-state index contributed by atoms with van der Waals surface area (Å²) in [6, 6.07) is 0. The Labute approximate surface area is 59.7 Å². The van der Waals surface area contributed by atoms with Crippen LogP contribution in [-0.4, -0.2) is 25.7 Å². The van der Waals surface area contributed by atoms with Gasteiger partial charge in [-0.3, -0.25) is 4.79 Å². The van der Waals surface area contributed by atoms with E-state index in [0.29, 0.717) is 12.5 Å². The Morgan fingerprint density at radius 3 is 3.20 bits per heavy atom. The van der Waals surface area contributed by atoms with E-state index in [1.165, 1.54) is 0 Å². The van der Waals surface area contributed by atoms with Crippen LogP contribution >= 0.6 is 0 Å². The molecule has 0 aliphatic carbocycles. The topological polar surface area (TPSA) is 38.3 Å². The number of nitrogens with one attached hydrogen (secondary N) is 1. The van der Waals surface area contributed by atoms with Gasteiger partial charge in [0.25, 0.3) is 0 Å². The van der Waals surface area contributed by atoms with Crippen molar-refractivity contribution in [2.24, 2.45) is 11.8 Å². The quantitative estimate of drug-likeness (QED) is 0.473. The summed E-state index contributed by atoms with van der Waals surface area (Å²) in [6.07, 6.45) is 1.05. The highest BCUT2D eigenvalue weighted by Crippen LogP contribution is 2.25. The second kappa shape index (κ2) is 2.23. The van der Waals surface area contributed by atoms with Crippen molar-refractivity contribution in [3.05, 3.63) is 0 Å². The van der Waals surface area contributed by atoms with Crippen LogP contribution < -0.4 is 5.32 Å². The molecule has 0 saturated carbocycles. The summed E-state index contributed by atoms with van der Waals surface area (Å²) in [4.78, 5) is 11.0. The van der Waals surface area contributed by atoms with E-state index in [0.717, 1.165) is 19.5 Å². The molecule has 0 amide bonds. The number of carbonyl (C=O) groups is 1. The van der Waals surface area contributed by atoms with E-state index < -0.39 is 0 Å². The number of cyclic esters (lactones) is 1. The molecule has 0 bridgehead atoms. The van der Waals surface area contributed by atoms with Crippen LogP contribution in [0.1, 0.15) is 6.42 Å². The van der Waals surface area contributed by atoms with Gasteiger partial charge in [0, 0.05) is 6.54 Å². The summed E-state index contributed by atoms with van der Waals surface area (Å²) >= 11 is 0. The van der Waals surface area contributed by atoms with Crippen LogP contribution in [0.2, 0.25) is 0 Å². The molecule has 3 nitrogen and oxygen atoms in total. The molecule has 2 saturated heterocycles. The van der Waals surface area contributed by atoms with Crippen LogP contribution in [-0.2, 0) is 9.53 Å². The van der Waals surface area contributed by atoms with E-state index in [1.807, 2.05) is 0 Å². The first-order valence-corrected chi connectivity index (χ1v) is 3.75. The van der Waals surface area contributed by atoms with Crippen LogP contribution in [0.4, 0.5) is 0 Å². The average molecular weight is 141 g/mol. The molecule has 0 radical (unpaired) electrons. The summed E-state index contributed by atoms with van der Waals surface area (Å²) < 4.78 is 4.91. The zero-order chi connectivity index (χ0) is 6.97. The molecular weight excluding hydrogens is 130 g/mol. The number of esters is 1. The normalized spacial score (nSPS) is 39.0. The Kier molecular flexibility index (Phi) is 1.38. The van der Waals surface area contributed by atoms with Gasteiger partial charge in [0.05, 0.1) is 12.5 Å². The number of hydrogen-bond donors (Lipinski definition) is 1. The van der Waals surface area contributed by atoms with Gasteiger partial charge in [0.2, 0.25) is 0 Å². The monoisotopic (exact) mass is 141 g/mol. The third-order valence-corrected chi connectivity index (χ3v) is 2.38. The van der Waals surface area contributed by atoms with Crippen LogP contribution in [0.25, 0.3) is 0 Å². The van der Waals surface area contributed by atoms with Crippen LogP contribution in [0.15, 0.2) is 0 Å². The molecule has 2 atom stereocenters. The van der Waals surface area contributed by atoms with Crippen LogP contribution in [0.5, 0.6) is 0 Å². The summed E-state index contributed by atoms with van der Waals surface area (Å²) in [5, 5.41) is 3.19. The minimum absolute atomic E-state index is 0.00116. The van der Waals surface area contributed by atoms with Crippen molar-refractivity contribution in [2.45, 2.75) is 6.42 Å². The second-order valence-electron chi connectivity index (χ2n) is 2.98. The summed E-state index contributed by atoms with van der Waals surface area (Å²) in [6.45, 7) is 2.45. The molecule has 2 aliphatic heterocycles. The Balaban J connectivity index is 2.10. The van der Waals surface area contributed by atoms with Crippen molar-refractivity contribution < 1.29 is 9.53 Å². The maximum Gasteiger partial charge on any atom is 0.310 e. The molecule has 2 heterocycles. The Bertz CT molecular complexity index is 158. The highest BCUT2D eigenvalue weighted by Gasteiger charge is 2.36. The number of carbonyl (C=O) groups excluding carboxylic acids is 1. The van der Waals surface area contributed by atoms with E-state index in [2.05, 4.69) is 5.32 Å². The van der Waals surface area contributed by atoms with Gasteiger partial charge in [-0.2, -0.15) is 0 Å². The summed E-state index contributed by atoms with van der Waals surface area (Å²) in [5.41, 5.74) is 0. The lowest BCUT2D eigenvalue weighted by molar-refractivity contribution is -0.154. The highest BCUT2D eigenvalue weighted by atomic mass is 16.5. The average Bonchev–Trinajstić information content (AvgIpc) is 2.36. The zero-order valence-corrected chi connectivity index (χ0v) is 5.80. The first-order chi connectivity index (χ1) is 4.88. The molecule has 2 unspecified atom stereocenters. The van der Waals surface area contributed by atoms with Gasteiger partial charge in [-0.05, 0) is 18.9 Å². The molecule has 10 heavy (non-hydrogen) atoms. The van der Waals surface area contributed by atoms with Crippen molar-refractivity contribution in [3.8, 4) is 0 Å². The Hall–Kier alpha value is -0.570. The predicted molar refractivity (Wildman–Crippen MR) is 35.4 cm³/mol. The van der Waals surface area contributed by atoms with Gasteiger partial charge in [0.15, 0.2) is 0 Å². The van der Waals surface area contributed by atoms with Crippen molar-refractivity contribution >= 4 is 5.97 Å². The molecule has 0 aromatic carbocycles. The summed E-state index contributed by atoms with van der Waals surface area (Å²) in [5.74, 6) is 0.719. The van der Waals surface area contributed by atoms with E-state index in [1.54, 1.807) is 0 Å². The third-order valence-electron chi connectivity index (χ3n) is 2.38. The molecule has 1 N–H and O–H groups in total. The first-order valence-electron chi connectivity index (χ1n) is 3.75. The fraction of sp³-hybridized carbons (Fsp3) is 0.857. The molecule has 2 rings (SSSR count). The van der Waals surface area contributed by atoms with E-state index in [9.17, 15) is 4.79 Å². The fourth-order valence-electron chi connectivity index (χ4n) is 1.73. The first kappa shape index (κ1) is 6.16. The molecule has 0 aromatic rings. The van der Waals surface area contributed by atoms with Crippen molar-refractivity contribution in [2.75, 3.05) is 19.7 Å². The largest absolute Gasteiger partial charge is 0.465 e. The van der Waals surface area contributed by atoms with Gasteiger partial charge < -0.3 is 10.1 Å². The fourth-order valence-corrected chi connectivity index (χ4v) is 1.73. The van der Waals surface area contributed by atoms with Gasteiger partial charge in [-0.25, -0.2) is 0 Å². The number of fused-ring (bicyclic) bond motifs is 1. The van der Waals surface area contributed by atoms with Gasteiger partial charge in [-0.15, -0.1) is 0 Å². The molecule has 0 aromatic heterocycles. The SMILES string of the molecule is O=C1OCCC2CNCC12. The Morgan fingerprint density at radius 1 is 1.50 bits per heavy atom. The van der Waals surface area contributed by atoms with E-state index in [-0.39, 0.29) is 11.9 Å². The maximum absolute atomic E-state index is 11.0. The van der Waals surface area contributed by atoms with Gasteiger partial charge in [0.1, 0.15) is 0 Å². The molecule has 56 valence electrons. The van der Waals surface area contributed by atoms with E-state index >= 15 is 0 Å². The van der Waals surface area contributed by atoms with Gasteiger partial charge >= 0.3 is 5.97 Å². The smallest absolute Gasteiger partial charge is 0.310 e. The minimum atomic E-state index is 0.00116. The molecular formula is C7H11NO2. The predicted octanol–water partition coefficient (Wildman–Crippen LogP) is -0.231.